The highest BCUT2D eigenvalue weighted by Crippen LogP contribution is 2.36. The van der Waals surface area contributed by atoms with Crippen LogP contribution in [0.3, 0.4) is 0 Å². The third-order valence-corrected chi connectivity index (χ3v) is 6.18. The van der Waals surface area contributed by atoms with Gasteiger partial charge in [0.05, 0.1) is 11.1 Å². The van der Waals surface area contributed by atoms with Gasteiger partial charge >= 0.3 is 12.4 Å². The summed E-state index contributed by atoms with van der Waals surface area (Å²) in [7, 11) is 0. The van der Waals surface area contributed by atoms with E-state index in [1.54, 1.807) is 20.8 Å². The zero-order valence-electron chi connectivity index (χ0n) is 18.8. The normalized spacial score (nSPS) is 18.1. The number of nitrogens with one attached hydrogen (secondary N) is 1. The van der Waals surface area contributed by atoms with Crippen LogP contribution >= 0.6 is 0 Å². The first-order valence-electron chi connectivity index (χ1n) is 10.4. The quantitative estimate of drug-likeness (QED) is 0.622. The minimum Gasteiger partial charge on any atom is -0.380 e. The fourth-order valence-electron chi connectivity index (χ4n) is 3.39. The average molecular weight is 482 g/mol. The standard InChI is InChI=1S/C22H28F6N2O3/c1-19(2,3)20(4,33)18(32)30-7-5-13(6-8-30)12-29-17(31)14-9-15(21(23,24)25)11-16(10-14)22(26,27)28/h9-11,13,33H,5-8,12H2,1-4H3,(H,29,31). The number of halogens is 6. The van der Waals surface area contributed by atoms with Crippen molar-refractivity contribution in [2.45, 2.75) is 58.5 Å². The second-order valence-electron chi connectivity index (χ2n) is 9.56. The molecule has 2 rings (SSSR count). The third kappa shape index (κ3) is 6.39. The van der Waals surface area contributed by atoms with Crippen molar-refractivity contribution in [2.75, 3.05) is 19.6 Å². The van der Waals surface area contributed by atoms with Crippen molar-refractivity contribution < 1.29 is 41.0 Å². The van der Waals surface area contributed by atoms with E-state index >= 15 is 0 Å². The second kappa shape index (κ2) is 9.15. The molecule has 186 valence electrons. The van der Waals surface area contributed by atoms with Crippen LogP contribution < -0.4 is 5.32 Å². The highest BCUT2D eigenvalue weighted by Gasteiger charge is 2.45. The molecule has 0 bridgehead atoms. The minimum absolute atomic E-state index is 0.0317. The molecule has 1 aromatic carbocycles. The van der Waals surface area contributed by atoms with E-state index in [-0.39, 0.29) is 18.5 Å². The fourth-order valence-corrected chi connectivity index (χ4v) is 3.39. The molecule has 5 nitrogen and oxygen atoms in total. The molecule has 1 unspecified atom stereocenters. The van der Waals surface area contributed by atoms with Crippen LogP contribution in [-0.2, 0) is 17.1 Å². The van der Waals surface area contributed by atoms with Crippen molar-refractivity contribution in [1.29, 1.82) is 0 Å². The predicted molar refractivity (Wildman–Crippen MR) is 108 cm³/mol. The lowest BCUT2D eigenvalue weighted by atomic mass is 9.76. The number of piperidine rings is 1. The van der Waals surface area contributed by atoms with Gasteiger partial charge < -0.3 is 15.3 Å². The van der Waals surface area contributed by atoms with E-state index in [4.69, 9.17) is 0 Å². The van der Waals surface area contributed by atoms with Gasteiger partial charge in [0.2, 0.25) is 0 Å². The van der Waals surface area contributed by atoms with Crippen LogP contribution in [0.5, 0.6) is 0 Å². The molecule has 1 saturated heterocycles. The largest absolute Gasteiger partial charge is 0.416 e. The van der Waals surface area contributed by atoms with Crippen molar-refractivity contribution >= 4 is 11.8 Å². The molecular formula is C22H28F6N2O3. The number of amides is 2. The van der Waals surface area contributed by atoms with Crippen LogP contribution in [0.4, 0.5) is 26.3 Å². The molecule has 33 heavy (non-hydrogen) atoms. The second-order valence-corrected chi connectivity index (χ2v) is 9.56. The summed E-state index contributed by atoms with van der Waals surface area (Å²) in [5, 5.41) is 13.0. The number of carbonyl (C=O) groups is 2. The lowest BCUT2D eigenvalue weighted by molar-refractivity contribution is -0.162. The van der Waals surface area contributed by atoms with Crippen molar-refractivity contribution in [1.82, 2.24) is 10.2 Å². The van der Waals surface area contributed by atoms with Gasteiger partial charge in [-0.2, -0.15) is 26.3 Å². The minimum atomic E-state index is -5.04. The Morgan fingerprint density at radius 3 is 1.79 bits per heavy atom. The molecule has 1 fully saturated rings. The Balaban J connectivity index is 2.02. The molecule has 0 aromatic heterocycles. The van der Waals surface area contributed by atoms with Gasteiger partial charge in [-0.15, -0.1) is 0 Å². The summed E-state index contributed by atoms with van der Waals surface area (Å²) in [4.78, 5) is 26.5. The molecule has 2 N–H and O–H groups in total. The number of carbonyl (C=O) groups excluding carboxylic acids is 2. The smallest absolute Gasteiger partial charge is 0.380 e. The van der Waals surface area contributed by atoms with Gasteiger partial charge in [0, 0.05) is 25.2 Å². The molecule has 0 radical (unpaired) electrons. The number of aliphatic hydroxyl groups is 1. The van der Waals surface area contributed by atoms with Gasteiger partial charge in [-0.3, -0.25) is 9.59 Å². The number of hydrogen-bond acceptors (Lipinski definition) is 3. The lowest BCUT2D eigenvalue weighted by Gasteiger charge is -2.41. The van der Waals surface area contributed by atoms with Crippen molar-refractivity contribution in [3.05, 3.63) is 34.9 Å². The average Bonchev–Trinajstić information content (AvgIpc) is 2.69. The molecule has 1 atom stereocenters. The maximum atomic E-state index is 13.0. The Kier molecular flexibility index (Phi) is 7.47. The summed E-state index contributed by atoms with van der Waals surface area (Å²) < 4.78 is 77.9. The zero-order chi connectivity index (χ0) is 25.4. The van der Waals surface area contributed by atoms with Crippen LogP contribution in [0.1, 0.15) is 62.0 Å². The van der Waals surface area contributed by atoms with Crippen LogP contribution in [-0.4, -0.2) is 47.1 Å². The molecule has 1 heterocycles. The molecule has 0 saturated carbocycles. The number of nitrogens with zero attached hydrogens (tertiary/aromatic N) is 1. The lowest BCUT2D eigenvalue weighted by Crippen LogP contribution is -2.56. The molecule has 0 aliphatic carbocycles. The summed E-state index contributed by atoms with van der Waals surface area (Å²) in [5.41, 5.74) is -6.10. The Morgan fingerprint density at radius 1 is 0.939 bits per heavy atom. The molecule has 0 spiro atoms. The van der Waals surface area contributed by atoms with Crippen molar-refractivity contribution in [3.63, 3.8) is 0 Å². The summed E-state index contributed by atoms with van der Waals surface area (Å²) in [6.07, 6.45) is -9.15. The Hall–Kier alpha value is -2.30. The summed E-state index contributed by atoms with van der Waals surface area (Å²) in [6, 6.07) is 0.747. The number of likely N-dealkylation sites (tertiary alicyclic amines) is 1. The Bertz CT molecular complexity index is 847. The first-order chi connectivity index (χ1) is 14.8. The van der Waals surface area contributed by atoms with E-state index < -0.39 is 51.9 Å². The summed E-state index contributed by atoms with van der Waals surface area (Å²) >= 11 is 0. The molecule has 2 amide bonds. The van der Waals surface area contributed by atoms with E-state index in [1.165, 1.54) is 11.8 Å². The number of rotatable bonds is 4. The SMILES string of the molecule is CC(C)(C)C(C)(O)C(=O)N1CCC(CNC(=O)c2cc(C(F)(F)F)cc(C(F)(F)F)c2)CC1. The number of alkyl halides is 6. The van der Waals surface area contributed by atoms with Crippen LogP contribution in [0.15, 0.2) is 18.2 Å². The van der Waals surface area contributed by atoms with Gasteiger partial charge in [-0.05, 0) is 49.3 Å². The monoisotopic (exact) mass is 482 g/mol. The van der Waals surface area contributed by atoms with E-state index in [0.29, 0.717) is 38.1 Å². The van der Waals surface area contributed by atoms with E-state index in [0.717, 1.165) is 0 Å². The Morgan fingerprint density at radius 2 is 1.39 bits per heavy atom. The van der Waals surface area contributed by atoms with Crippen molar-refractivity contribution in [2.24, 2.45) is 11.3 Å². The predicted octanol–water partition coefficient (Wildman–Crippen LogP) is 4.49. The van der Waals surface area contributed by atoms with Crippen LogP contribution in [0, 0.1) is 11.3 Å². The molecule has 1 aromatic rings. The van der Waals surface area contributed by atoms with Crippen LogP contribution in [0.2, 0.25) is 0 Å². The van der Waals surface area contributed by atoms with Gasteiger partial charge in [0.1, 0.15) is 5.60 Å². The molecule has 1 aliphatic heterocycles. The third-order valence-electron chi connectivity index (χ3n) is 6.18. The van der Waals surface area contributed by atoms with Crippen LogP contribution in [0.25, 0.3) is 0 Å². The fraction of sp³-hybridized carbons (Fsp3) is 0.636. The highest BCUT2D eigenvalue weighted by atomic mass is 19.4. The molecule has 1 aliphatic rings. The highest BCUT2D eigenvalue weighted by molar-refractivity contribution is 5.94. The maximum absolute atomic E-state index is 13.0. The van der Waals surface area contributed by atoms with E-state index in [1.807, 2.05) is 0 Å². The van der Waals surface area contributed by atoms with Gasteiger partial charge in [0.25, 0.3) is 11.8 Å². The van der Waals surface area contributed by atoms with Crippen molar-refractivity contribution in [3.8, 4) is 0 Å². The summed E-state index contributed by atoms with van der Waals surface area (Å²) in [6.45, 7) is 7.34. The Labute approximate surface area is 188 Å². The van der Waals surface area contributed by atoms with E-state index in [2.05, 4.69) is 5.32 Å². The van der Waals surface area contributed by atoms with Gasteiger partial charge in [-0.25, -0.2) is 0 Å². The number of benzene rings is 1. The topological polar surface area (TPSA) is 69.6 Å². The number of hydrogen-bond donors (Lipinski definition) is 2. The molecular weight excluding hydrogens is 454 g/mol. The molecule has 11 heteroatoms. The first-order valence-corrected chi connectivity index (χ1v) is 10.4. The summed E-state index contributed by atoms with van der Waals surface area (Å²) in [5.74, 6) is -1.58. The first kappa shape index (κ1) is 26.9. The van der Waals surface area contributed by atoms with E-state index in [9.17, 15) is 41.0 Å². The zero-order valence-corrected chi connectivity index (χ0v) is 18.8. The van der Waals surface area contributed by atoms with Gasteiger partial charge in [0.15, 0.2) is 0 Å². The van der Waals surface area contributed by atoms with Gasteiger partial charge in [-0.1, -0.05) is 20.8 Å². The maximum Gasteiger partial charge on any atom is 0.416 e.